The van der Waals surface area contributed by atoms with Gasteiger partial charge < -0.3 is 10.4 Å². The third kappa shape index (κ3) is 1.58. The summed E-state index contributed by atoms with van der Waals surface area (Å²) < 4.78 is 1.45. The lowest BCUT2D eigenvalue weighted by atomic mass is 10.1. The van der Waals surface area contributed by atoms with E-state index in [9.17, 15) is 9.59 Å². The highest BCUT2D eigenvalue weighted by Crippen LogP contribution is 2.12. The largest absolute Gasteiger partial charge is 0.476 e. The molecule has 15 heavy (non-hydrogen) atoms. The fourth-order valence-corrected chi connectivity index (χ4v) is 1.59. The predicted octanol–water partition coefficient (Wildman–Crippen LogP) is 0.103. The first kappa shape index (κ1) is 9.70. The average molecular weight is 209 g/mol. The first-order chi connectivity index (χ1) is 7.11. The molecule has 1 aliphatic rings. The van der Waals surface area contributed by atoms with E-state index in [1.54, 1.807) is 0 Å². The molecule has 0 radical (unpaired) electrons. The normalized spacial score (nSPS) is 19.5. The zero-order chi connectivity index (χ0) is 11.0. The van der Waals surface area contributed by atoms with Crippen molar-refractivity contribution in [3.63, 3.8) is 0 Å². The van der Waals surface area contributed by atoms with Gasteiger partial charge in [-0.2, -0.15) is 5.10 Å². The predicted molar refractivity (Wildman–Crippen MR) is 50.7 cm³/mol. The number of aromatic nitrogens is 2. The lowest BCUT2D eigenvalue weighted by Gasteiger charge is -2.22. The molecule has 6 nitrogen and oxygen atoms in total. The average Bonchev–Trinajstić information content (AvgIpc) is 2.61. The van der Waals surface area contributed by atoms with Crippen LogP contribution in [0.5, 0.6) is 0 Å². The van der Waals surface area contributed by atoms with Crippen LogP contribution in [-0.2, 0) is 6.54 Å². The van der Waals surface area contributed by atoms with Gasteiger partial charge in [-0.25, -0.2) is 4.79 Å². The molecular formula is C9H11N3O3. The summed E-state index contributed by atoms with van der Waals surface area (Å²) >= 11 is 0. The molecule has 1 aliphatic heterocycles. The Morgan fingerprint density at radius 1 is 1.80 bits per heavy atom. The molecule has 0 aliphatic carbocycles. The van der Waals surface area contributed by atoms with E-state index in [0.717, 1.165) is 6.42 Å². The lowest BCUT2D eigenvalue weighted by molar-refractivity contribution is 0.0688. The number of nitrogens with one attached hydrogen (secondary N) is 1. The van der Waals surface area contributed by atoms with Gasteiger partial charge in [0.1, 0.15) is 5.69 Å². The number of hydrogen-bond donors (Lipinski definition) is 2. The van der Waals surface area contributed by atoms with Crippen LogP contribution in [-0.4, -0.2) is 32.8 Å². The van der Waals surface area contributed by atoms with Gasteiger partial charge in [0.05, 0.1) is 6.54 Å². The Morgan fingerprint density at radius 2 is 2.53 bits per heavy atom. The fraction of sp³-hybridized carbons (Fsp3) is 0.444. The second-order valence-electron chi connectivity index (χ2n) is 3.48. The van der Waals surface area contributed by atoms with E-state index in [4.69, 9.17) is 5.11 Å². The molecule has 1 aromatic heterocycles. The number of nitrogens with zero attached hydrogens (tertiary/aromatic N) is 2. The molecule has 0 bridgehead atoms. The Hall–Kier alpha value is -1.85. The molecule has 0 unspecified atom stereocenters. The molecular weight excluding hydrogens is 198 g/mol. The maximum atomic E-state index is 11.5. The zero-order valence-corrected chi connectivity index (χ0v) is 8.23. The van der Waals surface area contributed by atoms with Gasteiger partial charge in [-0.05, 0) is 6.42 Å². The van der Waals surface area contributed by atoms with Crippen molar-refractivity contribution in [3.05, 3.63) is 17.5 Å². The van der Waals surface area contributed by atoms with E-state index in [1.165, 1.54) is 10.7 Å². The van der Waals surface area contributed by atoms with Crippen LogP contribution < -0.4 is 5.32 Å². The summed E-state index contributed by atoms with van der Waals surface area (Å²) in [5.41, 5.74) is 0.231. The second kappa shape index (κ2) is 3.38. The van der Waals surface area contributed by atoms with Crippen LogP contribution in [0.15, 0.2) is 6.07 Å². The van der Waals surface area contributed by atoms with Crippen molar-refractivity contribution in [3.8, 4) is 0 Å². The number of aromatic carboxylic acids is 1. The molecule has 0 saturated heterocycles. The number of carboxylic acids is 1. The number of fused-ring (bicyclic) bond motifs is 1. The summed E-state index contributed by atoms with van der Waals surface area (Å²) in [7, 11) is 0. The van der Waals surface area contributed by atoms with Crippen molar-refractivity contribution in [1.82, 2.24) is 15.1 Å². The van der Waals surface area contributed by atoms with Gasteiger partial charge in [-0.15, -0.1) is 0 Å². The molecule has 6 heteroatoms. The van der Waals surface area contributed by atoms with Crippen LogP contribution >= 0.6 is 0 Å². The molecule has 0 saturated carbocycles. The van der Waals surface area contributed by atoms with E-state index in [-0.39, 0.29) is 17.6 Å². The molecule has 2 rings (SSSR count). The summed E-state index contributed by atoms with van der Waals surface area (Å²) in [6, 6.07) is 1.33. The Bertz CT molecular complexity index is 424. The third-order valence-corrected chi connectivity index (χ3v) is 2.45. The molecule has 2 N–H and O–H groups in total. The van der Waals surface area contributed by atoms with E-state index in [1.807, 2.05) is 6.92 Å². The minimum absolute atomic E-state index is 0.0338. The summed E-state index contributed by atoms with van der Waals surface area (Å²) in [4.78, 5) is 22.2. The number of carbonyl (C=O) groups excluding carboxylic acids is 1. The molecule has 2 heterocycles. The standard InChI is InChI=1S/C9H11N3O3/c1-2-5-4-12-7(8(13)10-5)3-6(11-12)9(14)15/h3,5H,2,4H2,1H3,(H,10,13)(H,14,15)/t5-/m1/s1. The first-order valence-corrected chi connectivity index (χ1v) is 4.73. The first-order valence-electron chi connectivity index (χ1n) is 4.73. The molecule has 1 atom stereocenters. The lowest BCUT2D eigenvalue weighted by Crippen LogP contribution is -2.43. The van der Waals surface area contributed by atoms with Crippen LogP contribution in [0, 0.1) is 0 Å². The number of rotatable bonds is 2. The molecule has 0 fully saturated rings. The van der Waals surface area contributed by atoms with Crippen LogP contribution in [0.4, 0.5) is 0 Å². The van der Waals surface area contributed by atoms with Crippen molar-refractivity contribution >= 4 is 11.9 Å². The van der Waals surface area contributed by atoms with E-state index in [0.29, 0.717) is 12.2 Å². The monoisotopic (exact) mass is 209 g/mol. The number of hydrogen-bond acceptors (Lipinski definition) is 3. The number of carbonyl (C=O) groups is 2. The molecule has 1 amide bonds. The summed E-state index contributed by atoms with van der Waals surface area (Å²) in [5, 5.41) is 15.4. The highest BCUT2D eigenvalue weighted by Gasteiger charge is 2.26. The van der Waals surface area contributed by atoms with Gasteiger partial charge in [-0.1, -0.05) is 6.92 Å². The van der Waals surface area contributed by atoms with E-state index in [2.05, 4.69) is 10.4 Å². The van der Waals surface area contributed by atoms with Crippen molar-refractivity contribution in [2.45, 2.75) is 25.9 Å². The molecule has 0 spiro atoms. The maximum Gasteiger partial charge on any atom is 0.356 e. The van der Waals surface area contributed by atoms with Crippen LogP contribution in [0.1, 0.15) is 34.3 Å². The van der Waals surface area contributed by atoms with Gasteiger partial charge in [0.2, 0.25) is 0 Å². The summed E-state index contributed by atoms with van der Waals surface area (Å²) in [6.07, 6.45) is 0.799. The Balaban J connectivity index is 2.38. The zero-order valence-electron chi connectivity index (χ0n) is 8.23. The minimum Gasteiger partial charge on any atom is -0.476 e. The smallest absolute Gasteiger partial charge is 0.356 e. The second-order valence-corrected chi connectivity index (χ2v) is 3.48. The highest BCUT2D eigenvalue weighted by atomic mass is 16.4. The van der Waals surface area contributed by atoms with E-state index >= 15 is 0 Å². The Morgan fingerprint density at radius 3 is 3.13 bits per heavy atom. The molecule has 1 aromatic rings. The van der Waals surface area contributed by atoms with Gasteiger partial charge in [0, 0.05) is 12.1 Å². The van der Waals surface area contributed by atoms with Crippen molar-refractivity contribution < 1.29 is 14.7 Å². The number of carboxylic acid groups (broad SMARTS) is 1. The molecule has 0 aromatic carbocycles. The van der Waals surface area contributed by atoms with Gasteiger partial charge in [0.25, 0.3) is 5.91 Å². The van der Waals surface area contributed by atoms with Gasteiger partial charge in [0.15, 0.2) is 5.69 Å². The van der Waals surface area contributed by atoms with Crippen LogP contribution in [0.2, 0.25) is 0 Å². The van der Waals surface area contributed by atoms with Crippen LogP contribution in [0.25, 0.3) is 0 Å². The van der Waals surface area contributed by atoms with Crippen molar-refractivity contribution in [2.75, 3.05) is 0 Å². The highest BCUT2D eigenvalue weighted by molar-refractivity contribution is 5.96. The Labute approximate surface area is 85.9 Å². The summed E-state index contributed by atoms with van der Waals surface area (Å²) in [6.45, 7) is 2.49. The van der Waals surface area contributed by atoms with Gasteiger partial charge in [-0.3, -0.25) is 9.48 Å². The SMILES string of the molecule is CC[C@@H]1Cn2nc(C(=O)O)cc2C(=O)N1. The quantitative estimate of drug-likeness (QED) is 0.723. The van der Waals surface area contributed by atoms with Gasteiger partial charge >= 0.3 is 5.97 Å². The summed E-state index contributed by atoms with van der Waals surface area (Å²) in [5.74, 6) is -1.37. The van der Waals surface area contributed by atoms with Crippen molar-refractivity contribution in [1.29, 1.82) is 0 Å². The van der Waals surface area contributed by atoms with E-state index < -0.39 is 5.97 Å². The topological polar surface area (TPSA) is 84.2 Å². The Kier molecular flexibility index (Phi) is 2.18. The maximum absolute atomic E-state index is 11.5. The molecule has 80 valence electrons. The third-order valence-electron chi connectivity index (χ3n) is 2.45. The minimum atomic E-state index is -1.11. The van der Waals surface area contributed by atoms with Crippen LogP contribution in [0.3, 0.4) is 0 Å². The van der Waals surface area contributed by atoms with Crippen molar-refractivity contribution in [2.24, 2.45) is 0 Å². The fourth-order valence-electron chi connectivity index (χ4n) is 1.59. The number of amides is 1.